The van der Waals surface area contributed by atoms with Crippen LogP contribution in [0.5, 0.6) is 0 Å². The molecule has 5 nitrogen and oxygen atoms in total. The summed E-state index contributed by atoms with van der Waals surface area (Å²) in [6.07, 6.45) is 3.51. The predicted octanol–water partition coefficient (Wildman–Crippen LogP) is -0.325. The Hall–Kier alpha value is -1.49. The third kappa shape index (κ3) is 3.00. The van der Waals surface area contributed by atoms with Gasteiger partial charge in [-0.15, -0.1) is 0 Å². The van der Waals surface area contributed by atoms with Gasteiger partial charge in [-0.25, -0.2) is 0 Å². The molecule has 5 heteroatoms. The minimum absolute atomic E-state index is 0.150. The van der Waals surface area contributed by atoms with Crippen molar-refractivity contribution < 1.29 is 9.90 Å². The highest BCUT2D eigenvalue weighted by Gasteiger charge is 2.34. The minimum Gasteiger partial charge on any atom is -0.404 e. The molecule has 16 heavy (non-hydrogen) atoms. The van der Waals surface area contributed by atoms with Gasteiger partial charge in [0.2, 0.25) is 0 Å². The zero-order chi connectivity index (χ0) is 12.3. The molecule has 0 spiro atoms. The number of allylic oxidation sites excluding steroid dienone is 2. The van der Waals surface area contributed by atoms with Crippen molar-refractivity contribution in [2.75, 3.05) is 13.1 Å². The number of hydrogen-bond donors (Lipinski definition) is 3. The molecule has 1 heterocycles. The first-order valence-electron chi connectivity index (χ1n) is 5.23. The van der Waals surface area contributed by atoms with E-state index in [1.165, 1.54) is 12.3 Å². The number of nitrogens with two attached hydrogens (primary N) is 2. The summed E-state index contributed by atoms with van der Waals surface area (Å²) < 4.78 is 0. The van der Waals surface area contributed by atoms with Gasteiger partial charge in [0.1, 0.15) is 0 Å². The van der Waals surface area contributed by atoms with Gasteiger partial charge in [0.25, 0.3) is 5.91 Å². The van der Waals surface area contributed by atoms with Crippen LogP contribution in [0.3, 0.4) is 0 Å². The molecule has 5 N–H and O–H groups in total. The second-order valence-electron chi connectivity index (χ2n) is 4.48. The van der Waals surface area contributed by atoms with Crippen LogP contribution >= 0.6 is 0 Å². The normalized spacial score (nSPS) is 27.3. The van der Waals surface area contributed by atoms with Gasteiger partial charge in [-0.3, -0.25) is 4.79 Å². The van der Waals surface area contributed by atoms with Gasteiger partial charge in [0, 0.05) is 13.1 Å². The van der Waals surface area contributed by atoms with Crippen LogP contribution in [-0.2, 0) is 4.79 Å². The number of nitrogens with zero attached hydrogens (tertiary/aromatic N) is 1. The van der Waals surface area contributed by atoms with Gasteiger partial charge in [-0.2, -0.15) is 0 Å². The maximum absolute atomic E-state index is 11.8. The number of carbonyl (C=O) groups is 1. The van der Waals surface area contributed by atoms with E-state index in [0.29, 0.717) is 19.5 Å². The Morgan fingerprint density at radius 3 is 2.62 bits per heavy atom. The molecule has 0 aromatic heterocycles. The fourth-order valence-corrected chi connectivity index (χ4v) is 1.66. The number of likely N-dealkylation sites (tertiary alicyclic amines) is 1. The van der Waals surface area contributed by atoms with Gasteiger partial charge in [0.15, 0.2) is 0 Å². The fraction of sp³-hybridized carbons (Fsp3) is 0.545. The number of aliphatic hydroxyl groups is 1. The molecular formula is C11H19N3O2. The Balaban J connectivity index is 2.70. The van der Waals surface area contributed by atoms with Crippen molar-refractivity contribution in [3.63, 3.8) is 0 Å². The Kier molecular flexibility index (Phi) is 3.59. The summed E-state index contributed by atoms with van der Waals surface area (Å²) in [4.78, 5) is 13.4. The lowest BCUT2D eigenvalue weighted by atomic mass is 10.1. The van der Waals surface area contributed by atoms with Crippen LogP contribution in [0.15, 0.2) is 23.5 Å². The van der Waals surface area contributed by atoms with E-state index in [0.717, 1.165) is 5.57 Å². The van der Waals surface area contributed by atoms with Crippen molar-refractivity contribution >= 4 is 5.91 Å². The van der Waals surface area contributed by atoms with Crippen LogP contribution in [0.4, 0.5) is 0 Å². The van der Waals surface area contributed by atoms with E-state index in [1.54, 1.807) is 18.7 Å². The number of carbonyl (C=O) groups excluding carboxylic acids is 1. The van der Waals surface area contributed by atoms with Crippen molar-refractivity contribution in [1.29, 1.82) is 0 Å². The molecule has 0 aliphatic carbocycles. The molecule has 1 rings (SSSR count). The molecule has 1 fully saturated rings. The Bertz CT molecular complexity index is 345. The van der Waals surface area contributed by atoms with Gasteiger partial charge >= 0.3 is 0 Å². The van der Waals surface area contributed by atoms with E-state index in [1.807, 2.05) is 0 Å². The zero-order valence-electron chi connectivity index (χ0n) is 9.73. The average molecular weight is 225 g/mol. The second kappa shape index (κ2) is 4.57. The zero-order valence-corrected chi connectivity index (χ0v) is 9.73. The van der Waals surface area contributed by atoms with E-state index in [4.69, 9.17) is 11.5 Å². The molecule has 1 aliphatic heterocycles. The molecule has 0 aromatic rings. The lowest BCUT2D eigenvalue weighted by molar-refractivity contribution is -0.127. The Morgan fingerprint density at radius 2 is 2.19 bits per heavy atom. The van der Waals surface area contributed by atoms with Crippen LogP contribution in [0.2, 0.25) is 0 Å². The van der Waals surface area contributed by atoms with Gasteiger partial charge in [0.05, 0.1) is 11.3 Å². The molecule has 0 bridgehead atoms. The first-order chi connectivity index (χ1) is 7.35. The monoisotopic (exact) mass is 225 g/mol. The minimum atomic E-state index is -0.797. The van der Waals surface area contributed by atoms with E-state index in [9.17, 15) is 9.90 Å². The van der Waals surface area contributed by atoms with Crippen LogP contribution in [-0.4, -0.2) is 34.6 Å². The highest BCUT2D eigenvalue weighted by atomic mass is 16.3. The highest BCUT2D eigenvalue weighted by molar-refractivity contribution is 5.93. The van der Waals surface area contributed by atoms with Gasteiger partial charge < -0.3 is 21.5 Å². The molecule has 90 valence electrons. The summed E-state index contributed by atoms with van der Waals surface area (Å²) in [5.74, 6) is -0.251. The summed E-state index contributed by atoms with van der Waals surface area (Å²) in [6, 6.07) is 0. The second-order valence-corrected chi connectivity index (χ2v) is 4.48. The number of hydrogen-bond acceptors (Lipinski definition) is 4. The average Bonchev–Trinajstić information content (AvgIpc) is 2.57. The van der Waals surface area contributed by atoms with E-state index in [2.05, 4.69) is 0 Å². The molecule has 1 amide bonds. The van der Waals surface area contributed by atoms with Crippen molar-refractivity contribution in [1.82, 2.24) is 4.90 Å². The van der Waals surface area contributed by atoms with E-state index >= 15 is 0 Å². The largest absolute Gasteiger partial charge is 0.404 e. The van der Waals surface area contributed by atoms with E-state index in [-0.39, 0.29) is 11.6 Å². The number of β-amino-alcohol motifs (C(OH)–C–C–N with tert-alkyl or cyclic N) is 1. The quantitative estimate of drug-likeness (QED) is 0.443. The van der Waals surface area contributed by atoms with E-state index < -0.39 is 5.60 Å². The standard InChI is InChI=1S/C11H19N3O2/c1-8(6-12)5-9(13)10(15)14-4-3-11(2,16)7-14/h5-6,16H,3-4,7,12-13H2,1-2H3/b8-6-,9-5-. The highest BCUT2D eigenvalue weighted by Crippen LogP contribution is 2.21. The van der Waals surface area contributed by atoms with Crippen molar-refractivity contribution in [3.8, 4) is 0 Å². The molecule has 0 aromatic carbocycles. The summed E-state index contributed by atoms with van der Waals surface area (Å²) in [7, 11) is 0. The maximum atomic E-state index is 11.8. The number of amides is 1. The molecule has 0 radical (unpaired) electrons. The molecule has 1 saturated heterocycles. The third-order valence-electron chi connectivity index (χ3n) is 2.63. The van der Waals surface area contributed by atoms with Crippen LogP contribution in [0, 0.1) is 0 Å². The topological polar surface area (TPSA) is 92.6 Å². The molecule has 1 aliphatic rings. The molecule has 0 saturated carbocycles. The van der Waals surface area contributed by atoms with Crippen molar-refractivity contribution in [2.45, 2.75) is 25.9 Å². The van der Waals surface area contributed by atoms with Crippen molar-refractivity contribution in [3.05, 3.63) is 23.5 Å². The maximum Gasteiger partial charge on any atom is 0.269 e. The van der Waals surface area contributed by atoms with Crippen molar-refractivity contribution in [2.24, 2.45) is 11.5 Å². The first kappa shape index (κ1) is 12.6. The Labute approximate surface area is 95.4 Å². The van der Waals surface area contributed by atoms with Crippen LogP contribution in [0.25, 0.3) is 0 Å². The summed E-state index contributed by atoms with van der Waals surface area (Å²) in [5, 5.41) is 9.74. The van der Waals surface area contributed by atoms with Crippen LogP contribution < -0.4 is 11.5 Å². The summed E-state index contributed by atoms with van der Waals surface area (Å²) in [6.45, 7) is 4.34. The molecule has 1 unspecified atom stereocenters. The predicted molar refractivity (Wildman–Crippen MR) is 62.0 cm³/mol. The van der Waals surface area contributed by atoms with Gasteiger partial charge in [-0.05, 0) is 38.1 Å². The number of rotatable bonds is 2. The lowest BCUT2D eigenvalue weighted by Gasteiger charge is -2.19. The molecular weight excluding hydrogens is 206 g/mol. The summed E-state index contributed by atoms with van der Waals surface area (Å²) >= 11 is 0. The lowest BCUT2D eigenvalue weighted by Crippen LogP contribution is -2.36. The van der Waals surface area contributed by atoms with Gasteiger partial charge in [-0.1, -0.05) is 0 Å². The SMILES string of the molecule is CC(=C/N)/C=C(\N)C(=O)N1CCC(C)(O)C1. The smallest absolute Gasteiger partial charge is 0.269 e. The molecule has 1 atom stereocenters. The third-order valence-corrected chi connectivity index (χ3v) is 2.63. The first-order valence-corrected chi connectivity index (χ1v) is 5.23. The Morgan fingerprint density at radius 1 is 1.56 bits per heavy atom. The summed E-state index contributed by atoms with van der Waals surface area (Å²) in [5.41, 5.74) is 11.0. The fourth-order valence-electron chi connectivity index (χ4n) is 1.66. The van der Waals surface area contributed by atoms with Crippen LogP contribution in [0.1, 0.15) is 20.3 Å².